The van der Waals surface area contributed by atoms with Gasteiger partial charge in [0.1, 0.15) is 0 Å². The van der Waals surface area contributed by atoms with Crippen molar-refractivity contribution in [3.63, 3.8) is 0 Å². The number of hydrogen-bond donors (Lipinski definition) is 1. The molecule has 3 aromatic rings. The molecule has 6 heteroatoms. The van der Waals surface area contributed by atoms with Crippen LogP contribution in [0.1, 0.15) is 86.5 Å². The van der Waals surface area contributed by atoms with Crippen LogP contribution in [0.15, 0.2) is 54.6 Å². The molecule has 2 aromatic carbocycles. The van der Waals surface area contributed by atoms with E-state index in [0.717, 1.165) is 57.7 Å². The molecule has 2 heterocycles. The van der Waals surface area contributed by atoms with Crippen molar-refractivity contribution in [1.29, 1.82) is 0 Å². The second-order valence-electron chi connectivity index (χ2n) is 13.8. The zero-order valence-corrected chi connectivity index (χ0v) is 26.6. The molecule has 0 saturated heterocycles. The fourth-order valence-electron chi connectivity index (χ4n) is 7.67. The van der Waals surface area contributed by atoms with Crippen LogP contribution in [0.4, 0.5) is 5.69 Å². The molecular formula is C32H41BN2NaO2. The van der Waals surface area contributed by atoms with Gasteiger partial charge in [-0.2, -0.15) is 9.47 Å². The molecule has 0 spiro atoms. The fraction of sp³-hybridized carbons (Fsp3) is 0.469. The van der Waals surface area contributed by atoms with Gasteiger partial charge in [-0.15, -0.1) is 0 Å². The average Bonchev–Trinajstić information content (AvgIpc) is 3.19. The van der Waals surface area contributed by atoms with Gasteiger partial charge < -0.3 is 11.8 Å². The van der Waals surface area contributed by atoms with Crippen molar-refractivity contribution < 1.29 is 40.9 Å². The maximum atomic E-state index is 12.5. The van der Waals surface area contributed by atoms with Gasteiger partial charge in [-0.3, -0.25) is 0 Å². The molecular weight excluding hydrogens is 478 g/mol. The molecule has 0 fully saturated rings. The molecule has 38 heavy (non-hydrogen) atoms. The largest absolute Gasteiger partial charge is 1.00 e. The summed E-state index contributed by atoms with van der Waals surface area (Å²) in [6.07, 6.45) is 5.42. The number of nitrogens with zero attached hydrogens (tertiary/aromatic N) is 2. The van der Waals surface area contributed by atoms with E-state index in [2.05, 4.69) is 79.7 Å². The van der Waals surface area contributed by atoms with Gasteiger partial charge in [-0.1, -0.05) is 78.0 Å². The Balaban J connectivity index is 0.000000254. The van der Waals surface area contributed by atoms with E-state index in [9.17, 15) is 10.4 Å². The van der Waals surface area contributed by atoms with E-state index in [1.54, 1.807) is 0 Å². The van der Waals surface area contributed by atoms with Gasteiger partial charge in [-0.05, 0) is 61.6 Å². The molecule has 1 aromatic heterocycles. The molecule has 3 aliphatic rings. The second kappa shape index (κ2) is 9.91. The van der Waals surface area contributed by atoms with Crippen molar-refractivity contribution in [3.8, 4) is 0 Å². The normalized spacial score (nSPS) is 21.0. The SMILES string of the molecule is CC1(C)C=C2C(=[N+]([O-])c3ccccc32)C(C)(C)C1.CC1(C)Cc2c(n(O)c3ccccc23)C(C)(C)C1.[B].[H-].[Na+]. The van der Waals surface area contributed by atoms with Crippen LogP contribution in [0.25, 0.3) is 16.5 Å². The first-order chi connectivity index (χ1) is 16.6. The maximum absolute atomic E-state index is 12.5. The molecule has 0 atom stereocenters. The molecule has 0 unspecified atom stereocenters. The smallest absolute Gasteiger partial charge is 1.00 e. The molecule has 0 bridgehead atoms. The van der Waals surface area contributed by atoms with Crippen LogP contribution in [-0.4, -0.2) is 28.8 Å². The van der Waals surface area contributed by atoms with Crippen molar-refractivity contribution in [2.75, 3.05) is 0 Å². The molecule has 3 radical (unpaired) electrons. The minimum atomic E-state index is -0.0750. The molecule has 6 rings (SSSR count). The summed E-state index contributed by atoms with van der Waals surface area (Å²) in [5.74, 6) is 0. The number of para-hydroxylation sites is 2. The van der Waals surface area contributed by atoms with Crippen LogP contribution in [0, 0.1) is 21.5 Å². The first-order valence-electron chi connectivity index (χ1n) is 13.1. The molecule has 195 valence electrons. The Kier molecular flexibility index (Phi) is 7.98. The molecule has 0 amide bonds. The third kappa shape index (κ3) is 5.02. The number of hydrogen-bond acceptors (Lipinski definition) is 2. The third-order valence-corrected chi connectivity index (χ3v) is 8.12. The molecule has 4 nitrogen and oxygen atoms in total. The van der Waals surface area contributed by atoms with E-state index >= 15 is 0 Å². The maximum Gasteiger partial charge on any atom is 1.00 e. The number of aromatic nitrogens is 1. The van der Waals surface area contributed by atoms with Crippen molar-refractivity contribution >= 4 is 36.3 Å². The van der Waals surface area contributed by atoms with Crippen LogP contribution >= 0.6 is 0 Å². The first kappa shape index (κ1) is 30.6. The Morgan fingerprint density at radius 1 is 0.868 bits per heavy atom. The summed E-state index contributed by atoms with van der Waals surface area (Å²) in [4.78, 5) is 0. The monoisotopic (exact) mass is 519 g/mol. The Morgan fingerprint density at radius 3 is 2.16 bits per heavy atom. The van der Waals surface area contributed by atoms with Gasteiger partial charge in [0, 0.05) is 25.3 Å². The topological polar surface area (TPSA) is 51.2 Å². The van der Waals surface area contributed by atoms with Crippen molar-refractivity contribution in [3.05, 3.63) is 76.6 Å². The Morgan fingerprint density at radius 2 is 1.47 bits per heavy atom. The summed E-state index contributed by atoms with van der Waals surface area (Å²) >= 11 is 0. The van der Waals surface area contributed by atoms with E-state index in [0.29, 0.717) is 5.41 Å². The predicted octanol–water partition coefficient (Wildman–Crippen LogP) is 4.99. The number of rotatable bonds is 0. The van der Waals surface area contributed by atoms with E-state index in [1.165, 1.54) is 15.7 Å². The quantitative estimate of drug-likeness (QED) is 0.197. The third-order valence-electron chi connectivity index (χ3n) is 8.12. The molecule has 2 aliphatic carbocycles. The zero-order valence-electron chi connectivity index (χ0n) is 25.6. The first-order valence-corrected chi connectivity index (χ1v) is 13.1. The number of fused-ring (bicyclic) bond motifs is 6. The van der Waals surface area contributed by atoms with Gasteiger partial charge in [0.05, 0.1) is 27.8 Å². The summed E-state index contributed by atoms with van der Waals surface area (Å²) in [5.41, 5.74) is 7.70. The van der Waals surface area contributed by atoms with Crippen molar-refractivity contribution in [1.82, 2.24) is 4.73 Å². The van der Waals surface area contributed by atoms with Gasteiger partial charge in [0.15, 0.2) is 0 Å². The summed E-state index contributed by atoms with van der Waals surface area (Å²) in [6.45, 7) is 17.9. The molecule has 1 N–H and O–H groups in total. The van der Waals surface area contributed by atoms with Crippen LogP contribution in [0.2, 0.25) is 0 Å². The van der Waals surface area contributed by atoms with Crippen LogP contribution in [0.5, 0.6) is 0 Å². The number of allylic oxidation sites excluding steroid dienone is 2. The minimum absolute atomic E-state index is 0. The summed E-state index contributed by atoms with van der Waals surface area (Å²) < 4.78 is 2.55. The van der Waals surface area contributed by atoms with E-state index in [1.807, 2.05) is 30.3 Å². The van der Waals surface area contributed by atoms with Gasteiger partial charge >= 0.3 is 29.6 Å². The van der Waals surface area contributed by atoms with Crippen LogP contribution in [0.3, 0.4) is 0 Å². The average molecular weight is 519 g/mol. The van der Waals surface area contributed by atoms with Crippen molar-refractivity contribution in [2.24, 2.45) is 16.2 Å². The fourth-order valence-corrected chi connectivity index (χ4v) is 7.67. The van der Waals surface area contributed by atoms with Crippen LogP contribution < -0.4 is 29.6 Å². The summed E-state index contributed by atoms with van der Waals surface area (Å²) in [5, 5.41) is 24.2. The molecule has 1 aliphatic heterocycles. The van der Waals surface area contributed by atoms with E-state index in [4.69, 9.17) is 0 Å². The standard InChI is InChI=1S/C16H21NO.C16H19NO.B.Na.H/c2*1-15(2)9-12-11-7-5-6-8-13(11)17(18)14(12)16(3,4)10-15;;;/h5-8,18H,9-10H2,1-4H3;5-9H,10H2,1-4H3;;;/q;;;+1;-1. The number of benzene rings is 2. The van der Waals surface area contributed by atoms with Gasteiger partial charge in [0.2, 0.25) is 11.4 Å². The Hall–Kier alpha value is -1.95. The van der Waals surface area contributed by atoms with Gasteiger partial charge in [0.25, 0.3) is 0 Å². The van der Waals surface area contributed by atoms with Crippen LogP contribution in [-0.2, 0) is 11.8 Å². The van der Waals surface area contributed by atoms with E-state index in [-0.39, 0.29) is 55.6 Å². The van der Waals surface area contributed by atoms with Crippen molar-refractivity contribution in [2.45, 2.75) is 80.1 Å². The van der Waals surface area contributed by atoms with Gasteiger partial charge in [-0.25, -0.2) is 0 Å². The second-order valence-corrected chi connectivity index (χ2v) is 13.8. The Bertz CT molecular complexity index is 1450. The zero-order chi connectivity index (χ0) is 26.3. The predicted molar refractivity (Wildman–Crippen MR) is 156 cm³/mol. The van der Waals surface area contributed by atoms with E-state index < -0.39 is 0 Å². The Labute approximate surface area is 253 Å². The summed E-state index contributed by atoms with van der Waals surface area (Å²) in [6, 6.07) is 16.1. The minimum Gasteiger partial charge on any atom is -1.00 e. The molecule has 0 saturated carbocycles. The summed E-state index contributed by atoms with van der Waals surface area (Å²) in [7, 11) is 0.